The Hall–Kier alpha value is -2.45. The molecule has 3 rings (SSSR count). The van der Waals surface area contributed by atoms with Crippen LogP contribution in [0.4, 0.5) is 11.4 Å². The van der Waals surface area contributed by atoms with Crippen molar-refractivity contribution in [3.63, 3.8) is 0 Å². The average molecular weight is 333 g/mol. The SMILES string of the molecule is O=[N+]([O-])c1ccc(S(=O)(=O)NC2CNc3ccccc3C2)cc1. The van der Waals surface area contributed by atoms with Crippen molar-refractivity contribution in [3.05, 3.63) is 64.2 Å². The smallest absolute Gasteiger partial charge is 0.269 e. The monoisotopic (exact) mass is 333 g/mol. The van der Waals surface area contributed by atoms with Crippen LogP contribution in [0, 0.1) is 10.1 Å². The van der Waals surface area contributed by atoms with E-state index in [4.69, 9.17) is 0 Å². The number of fused-ring (bicyclic) bond motifs is 1. The molecule has 120 valence electrons. The molecule has 0 spiro atoms. The number of anilines is 1. The van der Waals surface area contributed by atoms with E-state index in [9.17, 15) is 18.5 Å². The Labute approximate surface area is 133 Å². The van der Waals surface area contributed by atoms with Crippen molar-refractivity contribution < 1.29 is 13.3 Å². The van der Waals surface area contributed by atoms with Crippen LogP contribution in [0.15, 0.2) is 53.4 Å². The van der Waals surface area contributed by atoms with Crippen LogP contribution in [-0.4, -0.2) is 25.9 Å². The van der Waals surface area contributed by atoms with E-state index < -0.39 is 14.9 Å². The highest BCUT2D eigenvalue weighted by Gasteiger charge is 2.24. The van der Waals surface area contributed by atoms with Crippen molar-refractivity contribution in [1.82, 2.24) is 4.72 Å². The number of sulfonamides is 1. The minimum atomic E-state index is -3.72. The molecule has 2 aromatic rings. The fourth-order valence-corrected chi connectivity index (χ4v) is 3.80. The molecule has 2 aromatic carbocycles. The Bertz CT molecular complexity index is 834. The lowest BCUT2D eigenvalue weighted by molar-refractivity contribution is -0.384. The van der Waals surface area contributed by atoms with E-state index in [1.54, 1.807) is 0 Å². The first-order valence-corrected chi connectivity index (χ1v) is 8.52. The number of nitrogens with one attached hydrogen (secondary N) is 2. The van der Waals surface area contributed by atoms with Crippen LogP contribution < -0.4 is 10.0 Å². The van der Waals surface area contributed by atoms with Crippen molar-refractivity contribution in [1.29, 1.82) is 0 Å². The summed E-state index contributed by atoms with van der Waals surface area (Å²) in [5.74, 6) is 0. The molecule has 0 amide bonds. The largest absolute Gasteiger partial charge is 0.383 e. The predicted octanol–water partition coefficient (Wildman–Crippen LogP) is 1.91. The normalized spacial score (nSPS) is 17.1. The minimum absolute atomic E-state index is 0.0157. The summed E-state index contributed by atoms with van der Waals surface area (Å²) in [5.41, 5.74) is 1.92. The van der Waals surface area contributed by atoms with Crippen LogP contribution in [0.2, 0.25) is 0 Å². The molecule has 1 heterocycles. The number of benzene rings is 2. The quantitative estimate of drug-likeness (QED) is 0.657. The second-order valence-corrected chi connectivity index (χ2v) is 7.03. The molecule has 0 saturated carbocycles. The zero-order chi connectivity index (χ0) is 16.4. The zero-order valence-electron chi connectivity index (χ0n) is 12.1. The number of nitrogens with zero attached hydrogens (tertiary/aromatic N) is 1. The van der Waals surface area contributed by atoms with Crippen LogP contribution in [0.1, 0.15) is 5.56 Å². The molecule has 1 aliphatic heterocycles. The predicted molar refractivity (Wildman–Crippen MR) is 85.8 cm³/mol. The van der Waals surface area contributed by atoms with E-state index >= 15 is 0 Å². The van der Waals surface area contributed by atoms with Gasteiger partial charge in [0.1, 0.15) is 0 Å². The van der Waals surface area contributed by atoms with Crippen LogP contribution in [-0.2, 0) is 16.4 Å². The maximum atomic E-state index is 12.4. The highest BCUT2D eigenvalue weighted by Crippen LogP contribution is 2.22. The summed E-state index contributed by atoms with van der Waals surface area (Å²) in [5, 5.41) is 13.8. The van der Waals surface area contributed by atoms with Gasteiger partial charge in [-0.25, -0.2) is 13.1 Å². The van der Waals surface area contributed by atoms with Crippen LogP contribution in [0.3, 0.4) is 0 Å². The number of nitro groups is 1. The van der Waals surface area contributed by atoms with Gasteiger partial charge in [0.2, 0.25) is 10.0 Å². The molecule has 0 aliphatic carbocycles. The molecular formula is C15H15N3O4S. The topological polar surface area (TPSA) is 101 Å². The van der Waals surface area contributed by atoms with Crippen LogP contribution in [0.25, 0.3) is 0 Å². The third-order valence-corrected chi connectivity index (χ3v) is 5.24. The van der Waals surface area contributed by atoms with E-state index in [0.29, 0.717) is 13.0 Å². The van der Waals surface area contributed by atoms with E-state index in [-0.39, 0.29) is 16.6 Å². The Morgan fingerprint density at radius 1 is 1.13 bits per heavy atom. The first kappa shape index (κ1) is 15.4. The molecule has 0 bridgehead atoms. The lowest BCUT2D eigenvalue weighted by Gasteiger charge is -2.26. The fraction of sp³-hybridized carbons (Fsp3) is 0.200. The molecule has 8 heteroatoms. The number of nitro benzene ring substituents is 1. The van der Waals surface area contributed by atoms with Gasteiger partial charge >= 0.3 is 0 Å². The van der Waals surface area contributed by atoms with E-state index in [0.717, 1.165) is 11.3 Å². The molecular weight excluding hydrogens is 318 g/mol. The highest BCUT2D eigenvalue weighted by atomic mass is 32.2. The second kappa shape index (κ2) is 5.98. The molecule has 2 N–H and O–H groups in total. The van der Waals surface area contributed by atoms with Gasteiger partial charge in [-0.15, -0.1) is 0 Å². The van der Waals surface area contributed by atoms with Crippen LogP contribution >= 0.6 is 0 Å². The summed E-state index contributed by atoms with van der Waals surface area (Å²) in [6, 6.07) is 12.3. The van der Waals surface area contributed by atoms with Crippen molar-refractivity contribution >= 4 is 21.4 Å². The summed E-state index contributed by atoms with van der Waals surface area (Å²) < 4.78 is 27.4. The van der Waals surface area contributed by atoms with Crippen molar-refractivity contribution in [2.75, 3.05) is 11.9 Å². The third-order valence-electron chi connectivity index (χ3n) is 3.70. The maximum Gasteiger partial charge on any atom is 0.269 e. The highest BCUT2D eigenvalue weighted by molar-refractivity contribution is 7.89. The maximum absolute atomic E-state index is 12.4. The summed E-state index contributed by atoms with van der Waals surface area (Å²) >= 11 is 0. The fourth-order valence-electron chi connectivity index (χ4n) is 2.56. The van der Waals surface area contributed by atoms with Crippen molar-refractivity contribution in [2.45, 2.75) is 17.4 Å². The van der Waals surface area contributed by atoms with Gasteiger partial charge in [-0.1, -0.05) is 18.2 Å². The molecule has 1 aliphatic rings. The average Bonchev–Trinajstić information content (AvgIpc) is 2.54. The van der Waals surface area contributed by atoms with Gasteiger partial charge in [0.15, 0.2) is 0 Å². The first-order valence-electron chi connectivity index (χ1n) is 7.04. The first-order chi connectivity index (χ1) is 11.0. The number of hydrogen-bond donors (Lipinski definition) is 2. The number of rotatable bonds is 4. The Kier molecular flexibility index (Phi) is 4.01. The Balaban J connectivity index is 1.75. The van der Waals surface area contributed by atoms with Gasteiger partial charge in [-0.2, -0.15) is 0 Å². The molecule has 0 fully saturated rings. The summed E-state index contributed by atoms with van der Waals surface area (Å²) in [4.78, 5) is 10.1. The third kappa shape index (κ3) is 3.33. The summed E-state index contributed by atoms with van der Waals surface area (Å²) in [7, 11) is -3.72. The van der Waals surface area contributed by atoms with E-state index in [1.165, 1.54) is 24.3 Å². The molecule has 23 heavy (non-hydrogen) atoms. The van der Waals surface area contributed by atoms with E-state index in [1.807, 2.05) is 24.3 Å². The van der Waals surface area contributed by atoms with Gasteiger partial charge in [-0.3, -0.25) is 10.1 Å². The van der Waals surface area contributed by atoms with Gasteiger partial charge in [0.25, 0.3) is 5.69 Å². The second-order valence-electron chi connectivity index (χ2n) is 5.31. The van der Waals surface area contributed by atoms with Gasteiger partial charge in [0, 0.05) is 30.4 Å². The summed E-state index contributed by atoms with van der Waals surface area (Å²) in [6.45, 7) is 0.489. The Morgan fingerprint density at radius 3 is 2.52 bits per heavy atom. The molecule has 7 nitrogen and oxygen atoms in total. The lowest BCUT2D eigenvalue weighted by Crippen LogP contribution is -2.43. The number of hydrogen-bond acceptors (Lipinski definition) is 5. The van der Waals surface area contributed by atoms with Crippen molar-refractivity contribution in [2.24, 2.45) is 0 Å². The van der Waals surface area contributed by atoms with Crippen molar-refractivity contribution in [3.8, 4) is 0 Å². The van der Waals surface area contributed by atoms with Gasteiger partial charge in [-0.05, 0) is 30.2 Å². The van der Waals surface area contributed by atoms with Gasteiger partial charge in [0.05, 0.1) is 9.82 Å². The van der Waals surface area contributed by atoms with E-state index in [2.05, 4.69) is 10.0 Å². The molecule has 1 unspecified atom stereocenters. The zero-order valence-corrected chi connectivity index (χ0v) is 12.9. The van der Waals surface area contributed by atoms with Gasteiger partial charge < -0.3 is 5.32 Å². The lowest BCUT2D eigenvalue weighted by atomic mass is 10.0. The minimum Gasteiger partial charge on any atom is -0.383 e. The Morgan fingerprint density at radius 2 is 1.83 bits per heavy atom. The molecule has 0 radical (unpaired) electrons. The molecule has 1 atom stereocenters. The standard InChI is InChI=1S/C15H15N3O4S/c19-18(20)13-5-7-14(8-6-13)23(21,22)17-12-9-11-3-1-2-4-15(11)16-10-12/h1-8,12,16-17H,9-10H2. The number of para-hydroxylation sites is 1. The number of non-ortho nitro benzene ring substituents is 1. The molecule has 0 saturated heterocycles. The summed E-state index contributed by atoms with van der Waals surface area (Å²) in [6.07, 6.45) is 0.593. The van der Waals surface area contributed by atoms with Crippen LogP contribution in [0.5, 0.6) is 0 Å². The molecule has 0 aromatic heterocycles.